The number of carbonyl (C=O) groups excluding carboxylic acids is 3. The third kappa shape index (κ3) is 5.34. The first-order chi connectivity index (χ1) is 17.0. The van der Waals surface area contributed by atoms with E-state index in [0.717, 1.165) is 43.4 Å². The Morgan fingerprint density at radius 1 is 0.914 bits per heavy atom. The van der Waals surface area contributed by atoms with Crippen molar-refractivity contribution in [1.29, 1.82) is 0 Å². The van der Waals surface area contributed by atoms with Crippen LogP contribution in [0.1, 0.15) is 48.0 Å². The van der Waals surface area contributed by atoms with Gasteiger partial charge in [0.05, 0.1) is 5.56 Å². The van der Waals surface area contributed by atoms with Crippen molar-refractivity contribution in [2.45, 2.75) is 38.6 Å². The highest BCUT2D eigenvalue weighted by Gasteiger charge is 2.35. The molecule has 5 rings (SSSR count). The van der Waals surface area contributed by atoms with Gasteiger partial charge in [-0.1, -0.05) is 36.8 Å². The van der Waals surface area contributed by atoms with Crippen LogP contribution >= 0.6 is 0 Å². The first-order valence-electron chi connectivity index (χ1n) is 12.8. The number of carbonyl (C=O) groups is 3. The van der Waals surface area contributed by atoms with E-state index in [1.54, 1.807) is 4.90 Å². The van der Waals surface area contributed by atoms with Crippen molar-refractivity contribution in [3.63, 3.8) is 0 Å². The highest BCUT2D eigenvalue weighted by Crippen LogP contribution is 2.33. The molecule has 0 atom stereocenters. The number of benzene rings is 2. The third-order valence-electron chi connectivity index (χ3n) is 7.44. The summed E-state index contributed by atoms with van der Waals surface area (Å²) in [6.07, 6.45) is 4.98. The number of amides is 3. The maximum Gasteiger partial charge on any atom is 0.256 e. The van der Waals surface area contributed by atoms with E-state index in [4.69, 9.17) is 0 Å². The minimum absolute atomic E-state index is 0.0345. The fourth-order valence-corrected chi connectivity index (χ4v) is 4.87. The molecule has 3 aliphatic rings. The van der Waals surface area contributed by atoms with Crippen LogP contribution in [0.3, 0.4) is 0 Å². The first kappa shape index (κ1) is 23.4. The van der Waals surface area contributed by atoms with Gasteiger partial charge in [-0.15, -0.1) is 0 Å². The largest absolute Gasteiger partial charge is 0.367 e. The van der Waals surface area contributed by atoms with E-state index in [0.29, 0.717) is 44.0 Å². The third-order valence-corrected chi connectivity index (χ3v) is 7.44. The Kier molecular flexibility index (Phi) is 6.75. The number of hydrogen-bond acceptors (Lipinski definition) is 4. The van der Waals surface area contributed by atoms with E-state index in [-0.39, 0.29) is 29.6 Å². The predicted molar refractivity (Wildman–Crippen MR) is 136 cm³/mol. The standard InChI is InChI=1S/C28H34N4O3/c1-30(19-20-6-3-2-4-7-20)28(35)24-18-23(29-26(33)21-8-5-9-21)12-13-25(24)31-14-16-32(17-15-31)27(34)22-10-11-22/h2-4,6-7,12-13,18,21-22H,5,8-11,14-17,19H2,1H3,(H,29,33). The van der Waals surface area contributed by atoms with E-state index in [2.05, 4.69) is 10.2 Å². The van der Waals surface area contributed by atoms with Crippen LogP contribution in [0, 0.1) is 11.8 Å². The second kappa shape index (κ2) is 10.1. The molecule has 1 saturated heterocycles. The summed E-state index contributed by atoms with van der Waals surface area (Å²) in [5.41, 5.74) is 3.16. The molecule has 184 valence electrons. The molecule has 0 aromatic heterocycles. The maximum absolute atomic E-state index is 13.6. The molecule has 7 nitrogen and oxygen atoms in total. The quantitative estimate of drug-likeness (QED) is 0.663. The van der Waals surface area contributed by atoms with Crippen molar-refractivity contribution < 1.29 is 14.4 Å². The van der Waals surface area contributed by atoms with Crippen LogP contribution in [0.2, 0.25) is 0 Å². The van der Waals surface area contributed by atoms with Gasteiger partial charge < -0.3 is 20.0 Å². The summed E-state index contributed by atoms with van der Waals surface area (Å²) in [5, 5.41) is 3.02. The molecule has 0 bridgehead atoms. The van der Waals surface area contributed by atoms with Crippen LogP contribution in [0.4, 0.5) is 11.4 Å². The highest BCUT2D eigenvalue weighted by molar-refractivity contribution is 6.02. The van der Waals surface area contributed by atoms with Crippen LogP contribution in [0.25, 0.3) is 0 Å². The Morgan fingerprint density at radius 3 is 2.26 bits per heavy atom. The number of hydrogen-bond donors (Lipinski definition) is 1. The molecule has 0 spiro atoms. The molecule has 3 fully saturated rings. The predicted octanol–water partition coefficient (Wildman–Crippen LogP) is 3.76. The molecule has 35 heavy (non-hydrogen) atoms. The fourth-order valence-electron chi connectivity index (χ4n) is 4.87. The van der Waals surface area contributed by atoms with Crippen LogP contribution in [-0.2, 0) is 16.1 Å². The lowest BCUT2D eigenvalue weighted by atomic mass is 9.85. The molecular weight excluding hydrogens is 440 g/mol. The molecule has 1 N–H and O–H groups in total. The molecule has 2 aliphatic carbocycles. The minimum atomic E-state index is -0.0833. The van der Waals surface area contributed by atoms with Gasteiger partial charge in [0.25, 0.3) is 5.91 Å². The first-order valence-corrected chi connectivity index (χ1v) is 12.8. The smallest absolute Gasteiger partial charge is 0.256 e. The van der Waals surface area contributed by atoms with E-state index in [1.165, 1.54) is 0 Å². The van der Waals surface area contributed by atoms with Crippen LogP contribution in [0.15, 0.2) is 48.5 Å². The van der Waals surface area contributed by atoms with Gasteiger partial charge in [-0.05, 0) is 49.4 Å². The minimum Gasteiger partial charge on any atom is -0.367 e. The highest BCUT2D eigenvalue weighted by atomic mass is 16.2. The summed E-state index contributed by atoms with van der Waals surface area (Å²) in [6, 6.07) is 15.6. The van der Waals surface area contributed by atoms with Gasteiger partial charge in [-0.2, -0.15) is 0 Å². The maximum atomic E-state index is 13.6. The van der Waals surface area contributed by atoms with Crippen LogP contribution in [-0.4, -0.2) is 60.7 Å². The van der Waals surface area contributed by atoms with Crippen molar-refractivity contribution >= 4 is 29.1 Å². The SMILES string of the molecule is CN(Cc1ccccc1)C(=O)c1cc(NC(=O)C2CCC2)ccc1N1CCN(C(=O)C2CC2)CC1. The summed E-state index contributed by atoms with van der Waals surface area (Å²) in [6.45, 7) is 3.22. The zero-order valence-corrected chi connectivity index (χ0v) is 20.4. The lowest BCUT2D eigenvalue weighted by Gasteiger charge is -2.37. The van der Waals surface area contributed by atoms with Crippen molar-refractivity contribution in [2.24, 2.45) is 11.8 Å². The molecule has 0 unspecified atom stereocenters. The van der Waals surface area contributed by atoms with E-state index in [1.807, 2.05) is 60.5 Å². The summed E-state index contributed by atoms with van der Waals surface area (Å²) < 4.78 is 0. The summed E-state index contributed by atoms with van der Waals surface area (Å²) in [7, 11) is 1.81. The summed E-state index contributed by atoms with van der Waals surface area (Å²) >= 11 is 0. The second-order valence-corrected chi connectivity index (χ2v) is 10.1. The van der Waals surface area contributed by atoms with Crippen molar-refractivity contribution in [3.05, 3.63) is 59.7 Å². The zero-order valence-electron chi connectivity index (χ0n) is 20.4. The van der Waals surface area contributed by atoms with Crippen molar-refractivity contribution in [2.75, 3.05) is 43.4 Å². The van der Waals surface area contributed by atoms with Crippen molar-refractivity contribution in [3.8, 4) is 0 Å². The molecule has 2 aromatic carbocycles. The number of nitrogens with zero attached hydrogens (tertiary/aromatic N) is 3. The van der Waals surface area contributed by atoms with Gasteiger partial charge in [0.15, 0.2) is 0 Å². The Labute approximate surface area is 207 Å². The monoisotopic (exact) mass is 474 g/mol. The Morgan fingerprint density at radius 2 is 1.63 bits per heavy atom. The number of rotatable bonds is 7. The Hall–Kier alpha value is -3.35. The average Bonchev–Trinajstić information content (AvgIpc) is 3.68. The number of nitrogens with one attached hydrogen (secondary N) is 1. The van der Waals surface area contributed by atoms with E-state index < -0.39 is 0 Å². The lowest BCUT2D eigenvalue weighted by Crippen LogP contribution is -2.49. The average molecular weight is 475 g/mol. The van der Waals surface area contributed by atoms with Crippen LogP contribution in [0.5, 0.6) is 0 Å². The lowest BCUT2D eigenvalue weighted by molar-refractivity contribution is -0.132. The van der Waals surface area contributed by atoms with Gasteiger partial charge in [-0.3, -0.25) is 14.4 Å². The molecule has 3 amide bonds. The van der Waals surface area contributed by atoms with Crippen molar-refractivity contribution in [1.82, 2.24) is 9.80 Å². The van der Waals surface area contributed by atoms with E-state index >= 15 is 0 Å². The second-order valence-electron chi connectivity index (χ2n) is 10.1. The molecule has 2 aromatic rings. The molecule has 2 saturated carbocycles. The molecular formula is C28H34N4O3. The Balaban J connectivity index is 1.35. The topological polar surface area (TPSA) is 73.0 Å². The number of anilines is 2. The van der Waals surface area contributed by atoms with Gasteiger partial charge >= 0.3 is 0 Å². The number of piperazine rings is 1. The van der Waals surface area contributed by atoms with Gasteiger partial charge in [0, 0.05) is 63.0 Å². The van der Waals surface area contributed by atoms with Gasteiger partial charge in [-0.25, -0.2) is 0 Å². The Bertz CT molecular complexity index is 1090. The molecule has 0 radical (unpaired) electrons. The summed E-state index contributed by atoms with van der Waals surface area (Å²) in [4.78, 5) is 44.5. The van der Waals surface area contributed by atoms with Gasteiger partial charge in [0.2, 0.25) is 11.8 Å². The molecule has 1 aliphatic heterocycles. The van der Waals surface area contributed by atoms with Crippen LogP contribution < -0.4 is 10.2 Å². The molecule has 7 heteroatoms. The zero-order chi connectivity index (χ0) is 24.4. The van der Waals surface area contributed by atoms with Gasteiger partial charge in [0.1, 0.15) is 0 Å². The normalized spacial score (nSPS) is 18.1. The summed E-state index contributed by atoms with van der Waals surface area (Å²) in [5.74, 6) is 0.528. The molecule has 1 heterocycles. The fraction of sp³-hybridized carbons (Fsp3) is 0.464. The van der Waals surface area contributed by atoms with E-state index in [9.17, 15) is 14.4 Å².